The van der Waals surface area contributed by atoms with Crippen molar-refractivity contribution in [2.75, 3.05) is 27.3 Å². The first-order valence-corrected chi connectivity index (χ1v) is 10.3. The number of imide groups is 1. The van der Waals surface area contributed by atoms with E-state index >= 15 is 0 Å². The maximum Gasteiger partial charge on any atom is 0.324 e. The SMILES string of the molecule is COc1ccc(CCN2C(=O)N[C@H](CC(=O)NCCc3ccc(O)cc3)C2=O)cc1OC. The zero-order valence-corrected chi connectivity index (χ0v) is 18.1. The minimum atomic E-state index is -0.874. The minimum Gasteiger partial charge on any atom is -0.508 e. The molecule has 0 aliphatic carbocycles. The van der Waals surface area contributed by atoms with E-state index in [1.54, 1.807) is 50.6 Å². The average Bonchev–Trinajstić information content (AvgIpc) is 3.05. The maximum atomic E-state index is 12.6. The fourth-order valence-electron chi connectivity index (χ4n) is 3.47. The number of aromatic hydroxyl groups is 1. The predicted molar refractivity (Wildman–Crippen MR) is 117 cm³/mol. The number of carbonyl (C=O) groups excluding carboxylic acids is 3. The van der Waals surface area contributed by atoms with Gasteiger partial charge in [-0.2, -0.15) is 0 Å². The summed E-state index contributed by atoms with van der Waals surface area (Å²) in [6, 6.07) is 10.8. The van der Waals surface area contributed by atoms with Gasteiger partial charge >= 0.3 is 6.03 Å². The first-order valence-electron chi connectivity index (χ1n) is 10.3. The fraction of sp³-hybridized carbons (Fsp3) is 0.348. The fourth-order valence-corrected chi connectivity index (χ4v) is 3.47. The number of nitrogens with zero attached hydrogens (tertiary/aromatic N) is 1. The van der Waals surface area contributed by atoms with E-state index in [9.17, 15) is 19.5 Å². The Morgan fingerprint density at radius 1 is 1.03 bits per heavy atom. The van der Waals surface area contributed by atoms with Crippen LogP contribution in [0.3, 0.4) is 0 Å². The molecule has 0 saturated carbocycles. The molecular formula is C23H27N3O6. The van der Waals surface area contributed by atoms with Crippen LogP contribution in [0, 0.1) is 0 Å². The number of hydrogen-bond acceptors (Lipinski definition) is 6. The number of urea groups is 1. The van der Waals surface area contributed by atoms with Crippen LogP contribution < -0.4 is 20.1 Å². The Hall–Kier alpha value is -3.75. The highest BCUT2D eigenvalue weighted by Crippen LogP contribution is 2.27. The molecule has 3 N–H and O–H groups in total. The Balaban J connectivity index is 1.47. The molecule has 1 aliphatic rings. The van der Waals surface area contributed by atoms with Crippen molar-refractivity contribution >= 4 is 17.8 Å². The molecule has 4 amide bonds. The molecule has 170 valence electrons. The van der Waals surface area contributed by atoms with Crippen LogP contribution in [-0.4, -0.2) is 61.2 Å². The minimum absolute atomic E-state index is 0.118. The first kappa shape index (κ1) is 22.9. The highest BCUT2D eigenvalue weighted by Gasteiger charge is 2.38. The molecule has 1 atom stereocenters. The van der Waals surface area contributed by atoms with E-state index in [4.69, 9.17) is 9.47 Å². The highest BCUT2D eigenvalue weighted by atomic mass is 16.5. The van der Waals surface area contributed by atoms with E-state index in [1.165, 1.54) is 0 Å². The van der Waals surface area contributed by atoms with E-state index in [1.807, 2.05) is 6.07 Å². The summed E-state index contributed by atoms with van der Waals surface area (Å²) in [6.07, 6.45) is 0.923. The summed E-state index contributed by atoms with van der Waals surface area (Å²) >= 11 is 0. The predicted octanol–water partition coefficient (Wildman–Crippen LogP) is 1.62. The summed E-state index contributed by atoms with van der Waals surface area (Å²) in [7, 11) is 3.09. The topological polar surface area (TPSA) is 117 Å². The van der Waals surface area contributed by atoms with E-state index < -0.39 is 18.0 Å². The van der Waals surface area contributed by atoms with Crippen LogP contribution in [-0.2, 0) is 22.4 Å². The van der Waals surface area contributed by atoms with Crippen molar-refractivity contribution in [2.24, 2.45) is 0 Å². The van der Waals surface area contributed by atoms with Crippen LogP contribution in [0.4, 0.5) is 4.79 Å². The van der Waals surface area contributed by atoms with Crippen molar-refractivity contribution in [1.82, 2.24) is 15.5 Å². The molecule has 0 spiro atoms. The Kier molecular flexibility index (Phi) is 7.54. The highest BCUT2D eigenvalue weighted by molar-refractivity contribution is 6.05. The van der Waals surface area contributed by atoms with Gasteiger partial charge in [-0.3, -0.25) is 14.5 Å². The molecule has 1 saturated heterocycles. The molecule has 1 heterocycles. The Morgan fingerprint density at radius 2 is 1.72 bits per heavy atom. The Bertz CT molecular complexity index is 976. The van der Waals surface area contributed by atoms with Crippen LogP contribution in [0.2, 0.25) is 0 Å². The third kappa shape index (κ3) is 5.69. The molecule has 0 aromatic heterocycles. The number of benzene rings is 2. The number of methoxy groups -OCH3 is 2. The zero-order valence-electron chi connectivity index (χ0n) is 18.1. The van der Waals surface area contributed by atoms with Gasteiger partial charge in [0, 0.05) is 13.1 Å². The molecule has 9 heteroatoms. The van der Waals surface area contributed by atoms with Gasteiger partial charge in [0.05, 0.1) is 20.6 Å². The second kappa shape index (κ2) is 10.5. The summed E-state index contributed by atoms with van der Waals surface area (Å²) in [5.41, 5.74) is 1.85. The number of ether oxygens (including phenoxy) is 2. The first-order chi connectivity index (χ1) is 15.4. The lowest BCUT2D eigenvalue weighted by Crippen LogP contribution is -2.37. The smallest absolute Gasteiger partial charge is 0.324 e. The molecule has 3 rings (SSSR count). The molecule has 2 aromatic rings. The van der Waals surface area contributed by atoms with Crippen molar-refractivity contribution in [3.8, 4) is 17.2 Å². The van der Waals surface area contributed by atoms with Crippen molar-refractivity contribution in [3.05, 3.63) is 53.6 Å². The zero-order chi connectivity index (χ0) is 23.1. The van der Waals surface area contributed by atoms with Gasteiger partial charge in [-0.1, -0.05) is 18.2 Å². The third-order valence-electron chi connectivity index (χ3n) is 5.24. The van der Waals surface area contributed by atoms with Gasteiger partial charge in [0.1, 0.15) is 11.8 Å². The number of hydrogen-bond donors (Lipinski definition) is 3. The quantitative estimate of drug-likeness (QED) is 0.483. The molecule has 1 aliphatic heterocycles. The van der Waals surface area contributed by atoms with Gasteiger partial charge in [-0.15, -0.1) is 0 Å². The summed E-state index contributed by atoms with van der Waals surface area (Å²) in [5, 5.41) is 14.6. The average molecular weight is 441 g/mol. The van der Waals surface area contributed by atoms with E-state index in [-0.39, 0.29) is 24.6 Å². The van der Waals surface area contributed by atoms with Crippen LogP contribution in [0.25, 0.3) is 0 Å². The van der Waals surface area contributed by atoms with Crippen LogP contribution >= 0.6 is 0 Å². The molecule has 2 aromatic carbocycles. The van der Waals surface area contributed by atoms with Crippen LogP contribution in [0.5, 0.6) is 17.2 Å². The molecule has 9 nitrogen and oxygen atoms in total. The summed E-state index contributed by atoms with van der Waals surface area (Å²) in [4.78, 5) is 38.2. The molecule has 32 heavy (non-hydrogen) atoms. The lowest BCUT2D eigenvalue weighted by Gasteiger charge is -2.14. The largest absolute Gasteiger partial charge is 0.508 e. The van der Waals surface area contributed by atoms with Crippen LogP contribution in [0.15, 0.2) is 42.5 Å². The second-order valence-electron chi connectivity index (χ2n) is 7.40. The van der Waals surface area contributed by atoms with Gasteiger partial charge in [0.2, 0.25) is 5.91 Å². The van der Waals surface area contributed by atoms with Crippen molar-refractivity contribution < 1.29 is 29.0 Å². The number of carbonyl (C=O) groups is 3. The number of nitrogens with one attached hydrogen (secondary N) is 2. The van der Waals surface area contributed by atoms with Crippen molar-refractivity contribution in [2.45, 2.75) is 25.3 Å². The summed E-state index contributed by atoms with van der Waals surface area (Å²) in [6.45, 7) is 0.584. The van der Waals surface area contributed by atoms with Gasteiger partial charge < -0.3 is 25.2 Å². The lowest BCUT2D eigenvalue weighted by atomic mass is 10.1. The normalized spacial score (nSPS) is 15.4. The van der Waals surface area contributed by atoms with Crippen LogP contribution in [0.1, 0.15) is 17.5 Å². The Morgan fingerprint density at radius 3 is 2.41 bits per heavy atom. The number of phenols is 1. The lowest BCUT2D eigenvalue weighted by molar-refractivity contribution is -0.130. The van der Waals surface area contributed by atoms with Crippen molar-refractivity contribution in [1.29, 1.82) is 0 Å². The second-order valence-corrected chi connectivity index (χ2v) is 7.40. The molecule has 0 bridgehead atoms. The van der Waals surface area contributed by atoms with Gasteiger partial charge in [-0.05, 0) is 48.2 Å². The molecule has 0 unspecified atom stereocenters. The van der Waals surface area contributed by atoms with Gasteiger partial charge in [0.25, 0.3) is 5.91 Å². The number of phenolic OH excluding ortho intramolecular Hbond substituents is 1. The number of amides is 4. The summed E-state index contributed by atoms with van der Waals surface area (Å²) in [5.74, 6) is 0.629. The summed E-state index contributed by atoms with van der Waals surface area (Å²) < 4.78 is 10.5. The van der Waals surface area contributed by atoms with Crippen molar-refractivity contribution in [3.63, 3.8) is 0 Å². The molecule has 0 radical (unpaired) electrons. The molecular weight excluding hydrogens is 414 g/mol. The molecule has 1 fully saturated rings. The Labute approximate surface area is 186 Å². The van der Waals surface area contributed by atoms with E-state index in [0.717, 1.165) is 16.0 Å². The maximum absolute atomic E-state index is 12.6. The third-order valence-corrected chi connectivity index (χ3v) is 5.24. The van der Waals surface area contributed by atoms with E-state index in [0.29, 0.717) is 30.9 Å². The number of rotatable bonds is 10. The van der Waals surface area contributed by atoms with Gasteiger partial charge in [-0.25, -0.2) is 4.79 Å². The van der Waals surface area contributed by atoms with E-state index in [2.05, 4.69) is 10.6 Å². The standard InChI is InChI=1S/C23H27N3O6/c1-31-19-8-5-16(13-20(19)32-2)10-12-26-22(29)18(25-23(26)30)14-21(28)24-11-9-15-3-6-17(27)7-4-15/h3-8,13,18,27H,9-12,14H2,1-2H3,(H,24,28)(H,25,30)/t18-/m1/s1. The monoisotopic (exact) mass is 441 g/mol. The van der Waals surface area contributed by atoms with Gasteiger partial charge in [0.15, 0.2) is 11.5 Å².